The smallest absolute Gasteiger partial charge is 0.0818 e. The minimum atomic E-state index is 0.301. The minimum absolute atomic E-state index is 0.301. The first-order chi connectivity index (χ1) is 10.3. The van der Waals surface area contributed by atoms with Crippen LogP contribution in [0.25, 0.3) is 5.69 Å². The Hall–Kier alpha value is -1.68. The van der Waals surface area contributed by atoms with Crippen molar-refractivity contribution in [3.8, 4) is 5.69 Å². The van der Waals surface area contributed by atoms with Crippen molar-refractivity contribution in [1.82, 2.24) is 20.3 Å². The summed E-state index contributed by atoms with van der Waals surface area (Å²) in [5, 5.41) is 12.1. The molecule has 0 bridgehead atoms. The summed E-state index contributed by atoms with van der Waals surface area (Å²) in [6.07, 6.45) is 5.33. The van der Waals surface area contributed by atoms with E-state index in [4.69, 9.17) is 0 Å². The minimum Gasteiger partial charge on any atom is -0.308 e. The number of benzene rings is 1. The van der Waals surface area contributed by atoms with Crippen molar-refractivity contribution in [2.45, 2.75) is 46.1 Å². The van der Waals surface area contributed by atoms with Gasteiger partial charge in [0.15, 0.2) is 0 Å². The van der Waals surface area contributed by atoms with Crippen LogP contribution in [0, 0.1) is 5.92 Å². The second-order valence-electron chi connectivity index (χ2n) is 5.41. The van der Waals surface area contributed by atoms with Crippen LogP contribution in [-0.4, -0.2) is 21.5 Å². The first kappa shape index (κ1) is 15.7. The van der Waals surface area contributed by atoms with Crippen LogP contribution in [0.5, 0.6) is 0 Å². The van der Waals surface area contributed by atoms with Gasteiger partial charge in [0.25, 0.3) is 0 Å². The molecule has 2 aromatic rings. The third-order valence-electron chi connectivity index (χ3n) is 4.03. The van der Waals surface area contributed by atoms with E-state index in [2.05, 4.69) is 48.5 Å². The molecule has 1 N–H and O–H groups in total. The Morgan fingerprint density at radius 1 is 1.10 bits per heavy atom. The predicted molar refractivity (Wildman–Crippen MR) is 86.5 cm³/mol. The fourth-order valence-electron chi connectivity index (χ4n) is 2.80. The zero-order valence-corrected chi connectivity index (χ0v) is 13.3. The summed E-state index contributed by atoms with van der Waals surface area (Å²) < 4.78 is 1.96. The molecule has 114 valence electrons. The summed E-state index contributed by atoms with van der Waals surface area (Å²) in [6.45, 7) is 7.72. The average Bonchev–Trinajstić information content (AvgIpc) is 3.01. The summed E-state index contributed by atoms with van der Waals surface area (Å²) in [4.78, 5) is 0. The van der Waals surface area contributed by atoms with Crippen molar-refractivity contribution in [3.63, 3.8) is 0 Å². The standard InChI is InChI=1S/C17H26N4/c1-4-12-18-17(14(5-2)6-3)16-13-19-20-21(16)15-10-8-7-9-11-15/h7-11,13-14,17-18H,4-6,12H2,1-3H3. The number of hydrogen-bond acceptors (Lipinski definition) is 3. The highest BCUT2D eigenvalue weighted by molar-refractivity contribution is 5.32. The molecule has 0 aliphatic carbocycles. The van der Waals surface area contributed by atoms with E-state index in [1.165, 1.54) is 0 Å². The maximum Gasteiger partial charge on any atom is 0.0818 e. The van der Waals surface area contributed by atoms with E-state index in [1.807, 2.05) is 29.1 Å². The largest absolute Gasteiger partial charge is 0.308 e. The molecule has 4 heteroatoms. The summed E-state index contributed by atoms with van der Waals surface area (Å²) >= 11 is 0. The first-order valence-corrected chi connectivity index (χ1v) is 8.01. The molecule has 0 aliphatic heterocycles. The fraction of sp³-hybridized carbons (Fsp3) is 0.529. The Kier molecular flexibility index (Phi) is 5.93. The molecule has 1 atom stereocenters. The quantitative estimate of drug-likeness (QED) is 0.803. The van der Waals surface area contributed by atoms with Crippen LogP contribution in [0.1, 0.15) is 51.8 Å². The summed E-state index contributed by atoms with van der Waals surface area (Å²) in [5.74, 6) is 0.595. The van der Waals surface area contributed by atoms with Crippen LogP contribution in [0.15, 0.2) is 36.5 Å². The highest BCUT2D eigenvalue weighted by Crippen LogP contribution is 2.28. The number of hydrogen-bond donors (Lipinski definition) is 1. The molecule has 1 unspecified atom stereocenters. The number of nitrogens with one attached hydrogen (secondary N) is 1. The number of nitrogens with zero attached hydrogens (tertiary/aromatic N) is 3. The first-order valence-electron chi connectivity index (χ1n) is 8.01. The third-order valence-corrected chi connectivity index (χ3v) is 4.03. The van der Waals surface area contributed by atoms with Crippen molar-refractivity contribution >= 4 is 0 Å². The topological polar surface area (TPSA) is 42.7 Å². The third kappa shape index (κ3) is 3.70. The SMILES string of the molecule is CCCNC(c1cnnn1-c1ccccc1)C(CC)CC. The maximum atomic E-state index is 4.29. The van der Waals surface area contributed by atoms with Gasteiger partial charge in [-0.15, -0.1) is 5.10 Å². The van der Waals surface area contributed by atoms with Crippen molar-refractivity contribution < 1.29 is 0 Å². The Morgan fingerprint density at radius 2 is 1.81 bits per heavy atom. The second kappa shape index (κ2) is 7.93. The highest BCUT2D eigenvalue weighted by atomic mass is 15.4. The molecule has 0 saturated carbocycles. The van der Waals surface area contributed by atoms with E-state index in [0.717, 1.165) is 37.2 Å². The normalized spacial score (nSPS) is 12.8. The Balaban J connectivity index is 2.34. The Labute approximate surface area is 127 Å². The summed E-state index contributed by atoms with van der Waals surface area (Å²) in [6, 6.07) is 10.5. The van der Waals surface area contributed by atoms with Crippen molar-refractivity contribution in [3.05, 3.63) is 42.2 Å². The van der Waals surface area contributed by atoms with Crippen LogP contribution in [0.2, 0.25) is 0 Å². The molecule has 0 fully saturated rings. The van der Waals surface area contributed by atoms with Crippen LogP contribution in [0.3, 0.4) is 0 Å². The molecule has 0 saturated heterocycles. The Morgan fingerprint density at radius 3 is 2.43 bits per heavy atom. The molecular weight excluding hydrogens is 260 g/mol. The van der Waals surface area contributed by atoms with E-state index >= 15 is 0 Å². The molecule has 0 radical (unpaired) electrons. The van der Waals surface area contributed by atoms with Gasteiger partial charge >= 0.3 is 0 Å². The molecule has 1 heterocycles. The Bertz CT molecular complexity index is 517. The molecule has 4 nitrogen and oxygen atoms in total. The fourth-order valence-corrected chi connectivity index (χ4v) is 2.80. The maximum absolute atomic E-state index is 4.29. The lowest BCUT2D eigenvalue weighted by molar-refractivity contribution is 0.330. The van der Waals surface area contributed by atoms with E-state index < -0.39 is 0 Å². The second-order valence-corrected chi connectivity index (χ2v) is 5.41. The van der Waals surface area contributed by atoms with Crippen molar-refractivity contribution in [2.24, 2.45) is 5.92 Å². The van der Waals surface area contributed by atoms with Gasteiger partial charge in [0, 0.05) is 0 Å². The van der Waals surface area contributed by atoms with Gasteiger partial charge in [-0.2, -0.15) is 0 Å². The lowest BCUT2D eigenvalue weighted by Gasteiger charge is -2.26. The highest BCUT2D eigenvalue weighted by Gasteiger charge is 2.24. The van der Waals surface area contributed by atoms with Gasteiger partial charge < -0.3 is 5.32 Å². The zero-order chi connectivity index (χ0) is 15.1. The van der Waals surface area contributed by atoms with Crippen molar-refractivity contribution in [2.75, 3.05) is 6.54 Å². The lowest BCUT2D eigenvalue weighted by Crippen LogP contribution is -2.30. The molecule has 1 aromatic carbocycles. The van der Waals surface area contributed by atoms with Gasteiger partial charge in [0.2, 0.25) is 0 Å². The number of aromatic nitrogens is 3. The van der Waals surface area contributed by atoms with Crippen LogP contribution in [-0.2, 0) is 0 Å². The average molecular weight is 286 g/mol. The van der Waals surface area contributed by atoms with Crippen LogP contribution in [0.4, 0.5) is 0 Å². The van der Waals surface area contributed by atoms with Gasteiger partial charge in [0.1, 0.15) is 0 Å². The van der Waals surface area contributed by atoms with Gasteiger partial charge in [-0.05, 0) is 31.0 Å². The molecule has 1 aromatic heterocycles. The lowest BCUT2D eigenvalue weighted by atomic mass is 9.91. The van der Waals surface area contributed by atoms with Gasteiger partial charge in [0.05, 0.1) is 23.6 Å². The van der Waals surface area contributed by atoms with Crippen molar-refractivity contribution in [1.29, 1.82) is 0 Å². The summed E-state index contributed by atoms with van der Waals surface area (Å²) in [5.41, 5.74) is 2.22. The molecule has 21 heavy (non-hydrogen) atoms. The predicted octanol–water partition coefficient (Wildman–Crippen LogP) is 3.74. The summed E-state index contributed by atoms with van der Waals surface area (Å²) in [7, 11) is 0. The van der Waals surface area contributed by atoms with E-state index in [-0.39, 0.29) is 0 Å². The molecule has 0 amide bonds. The molecule has 0 aliphatic rings. The van der Waals surface area contributed by atoms with Gasteiger partial charge in [-0.25, -0.2) is 4.68 Å². The van der Waals surface area contributed by atoms with E-state index in [0.29, 0.717) is 12.0 Å². The van der Waals surface area contributed by atoms with E-state index in [1.54, 1.807) is 0 Å². The van der Waals surface area contributed by atoms with Gasteiger partial charge in [-0.1, -0.05) is 57.0 Å². The number of para-hydroxylation sites is 1. The molecular formula is C17H26N4. The zero-order valence-electron chi connectivity index (χ0n) is 13.3. The molecule has 2 rings (SSSR count). The van der Waals surface area contributed by atoms with Crippen LogP contribution < -0.4 is 5.32 Å². The molecule has 0 spiro atoms. The monoisotopic (exact) mass is 286 g/mol. The van der Waals surface area contributed by atoms with Crippen LogP contribution >= 0.6 is 0 Å². The van der Waals surface area contributed by atoms with E-state index in [9.17, 15) is 0 Å². The van der Waals surface area contributed by atoms with Gasteiger partial charge in [-0.3, -0.25) is 0 Å². The number of rotatable bonds is 8.